The Morgan fingerprint density at radius 3 is 2.42 bits per heavy atom. The predicted octanol–water partition coefficient (Wildman–Crippen LogP) is 4.70. The normalized spacial score (nSPS) is 21.3. The van der Waals surface area contributed by atoms with Crippen LogP contribution in [0.5, 0.6) is 0 Å². The van der Waals surface area contributed by atoms with E-state index >= 15 is 0 Å². The van der Waals surface area contributed by atoms with Crippen molar-refractivity contribution in [3.05, 3.63) is 41.0 Å². The third-order valence-electron chi connectivity index (χ3n) is 5.96. The molecule has 2 aliphatic rings. The topological polar surface area (TPSA) is 56.3 Å². The van der Waals surface area contributed by atoms with E-state index < -0.39 is 0 Å². The van der Waals surface area contributed by atoms with Gasteiger partial charge in [-0.3, -0.25) is 0 Å². The van der Waals surface area contributed by atoms with E-state index in [9.17, 15) is 0 Å². The molecule has 2 fully saturated rings. The summed E-state index contributed by atoms with van der Waals surface area (Å²) in [5, 5.41) is 7.23. The summed E-state index contributed by atoms with van der Waals surface area (Å²) in [4.78, 5) is 13.7. The number of benzene rings is 1. The van der Waals surface area contributed by atoms with Gasteiger partial charge in [0.25, 0.3) is 0 Å². The van der Waals surface area contributed by atoms with Gasteiger partial charge in [0, 0.05) is 44.5 Å². The summed E-state index contributed by atoms with van der Waals surface area (Å²) in [6.45, 7) is 9.47. The van der Waals surface area contributed by atoms with Gasteiger partial charge in [0.05, 0.1) is 0 Å². The Morgan fingerprint density at radius 2 is 1.74 bits per heavy atom. The molecular weight excluding hydrogens is 428 g/mol. The predicted molar refractivity (Wildman–Crippen MR) is 133 cm³/mol. The van der Waals surface area contributed by atoms with Gasteiger partial charge in [-0.2, -0.15) is 4.98 Å². The molecule has 0 bridgehead atoms. The maximum atomic E-state index is 6.28. The number of halogens is 1. The molecule has 0 spiro atoms. The number of hydrogen-bond donors (Lipinski definition) is 2. The smallest absolute Gasteiger partial charge is 0.232 e. The van der Waals surface area contributed by atoms with Gasteiger partial charge < -0.3 is 20.4 Å². The van der Waals surface area contributed by atoms with E-state index in [-0.39, 0.29) is 0 Å². The van der Waals surface area contributed by atoms with Gasteiger partial charge >= 0.3 is 0 Å². The average molecular weight is 459 g/mol. The Labute approximate surface area is 195 Å². The molecule has 2 aromatic rings. The lowest BCUT2D eigenvalue weighted by Crippen LogP contribution is -2.39. The number of anilines is 3. The maximum absolute atomic E-state index is 6.28. The summed E-state index contributed by atoms with van der Waals surface area (Å²) in [5.41, 5.74) is 2.47. The highest BCUT2D eigenvalue weighted by molar-refractivity contribution is 7.80. The van der Waals surface area contributed by atoms with Crippen LogP contribution in [0.4, 0.5) is 17.5 Å². The van der Waals surface area contributed by atoms with Gasteiger partial charge in [0.2, 0.25) is 5.95 Å². The Balaban J connectivity index is 1.33. The number of thiocarbonyl (C=S) groups is 1. The van der Waals surface area contributed by atoms with Crippen molar-refractivity contribution in [3.8, 4) is 0 Å². The molecule has 1 aromatic carbocycles. The van der Waals surface area contributed by atoms with Crippen molar-refractivity contribution in [1.82, 2.24) is 15.3 Å². The van der Waals surface area contributed by atoms with Crippen LogP contribution in [0.1, 0.15) is 38.7 Å². The highest BCUT2D eigenvalue weighted by Crippen LogP contribution is 2.27. The first kappa shape index (κ1) is 22.1. The number of nitrogens with one attached hydrogen (secondary N) is 2. The third kappa shape index (κ3) is 5.98. The van der Waals surface area contributed by atoms with Crippen LogP contribution in [0.15, 0.2) is 30.3 Å². The largest absolute Gasteiger partial charge is 0.372 e. The molecule has 0 unspecified atom stereocenters. The fourth-order valence-corrected chi connectivity index (χ4v) is 4.94. The zero-order chi connectivity index (χ0) is 21.8. The quantitative estimate of drug-likeness (QED) is 0.497. The molecule has 2 N–H and O–H groups in total. The van der Waals surface area contributed by atoms with E-state index in [1.54, 1.807) is 0 Å². The fourth-order valence-electron chi connectivity index (χ4n) is 4.60. The molecule has 2 saturated heterocycles. The highest BCUT2D eigenvalue weighted by atomic mass is 35.5. The molecule has 4 rings (SSSR count). The van der Waals surface area contributed by atoms with Crippen molar-refractivity contribution in [3.63, 3.8) is 0 Å². The van der Waals surface area contributed by atoms with Gasteiger partial charge in [-0.15, -0.1) is 0 Å². The van der Waals surface area contributed by atoms with Crippen molar-refractivity contribution in [1.29, 1.82) is 0 Å². The highest BCUT2D eigenvalue weighted by Gasteiger charge is 2.23. The Morgan fingerprint density at radius 1 is 1.06 bits per heavy atom. The van der Waals surface area contributed by atoms with Gasteiger partial charge in [-0.25, -0.2) is 4.98 Å². The van der Waals surface area contributed by atoms with Gasteiger partial charge in [0.15, 0.2) is 5.11 Å². The second-order valence-electron chi connectivity index (χ2n) is 8.89. The number of nitrogens with zero attached hydrogens (tertiary/aromatic N) is 4. The first-order valence-corrected chi connectivity index (χ1v) is 11.9. The minimum Gasteiger partial charge on any atom is -0.372 e. The van der Waals surface area contributed by atoms with Crippen molar-refractivity contribution < 1.29 is 0 Å². The molecule has 166 valence electrons. The molecule has 0 saturated carbocycles. The minimum atomic E-state index is 0.415. The number of rotatable bonds is 5. The lowest BCUT2D eigenvalue weighted by atomic mass is 9.92. The molecule has 0 aliphatic carbocycles. The third-order valence-corrected chi connectivity index (χ3v) is 6.40. The Hall–Kier alpha value is -2.12. The van der Waals surface area contributed by atoms with Gasteiger partial charge in [0.1, 0.15) is 11.0 Å². The lowest BCUT2D eigenvalue weighted by molar-refractivity contribution is 0.355. The van der Waals surface area contributed by atoms with Crippen molar-refractivity contribution in [2.45, 2.75) is 39.7 Å². The molecular formula is C23H31ClN6S. The van der Waals surface area contributed by atoms with E-state index in [0.717, 1.165) is 32.0 Å². The van der Waals surface area contributed by atoms with E-state index in [1.165, 1.54) is 30.5 Å². The SMILES string of the molecule is C[C@@H]1C[C@H](C)CN(c2cc(Cl)nc(NC(=S)NCc3ccc(N4CCCC4)cc3)n2)C1. The number of aromatic nitrogens is 2. The zero-order valence-electron chi connectivity index (χ0n) is 18.3. The van der Waals surface area contributed by atoms with Crippen LogP contribution in [-0.2, 0) is 6.54 Å². The maximum Gasteiger partial charge on any atom is 0.232 e. The molecule has 0 radical (unpaired) electrons. The van der Waals surface area contributed by atoms with Crippen LogP contribution in [0.2, 0.25) is 5.15 Å². The van der Waals surface area contributed by atoms with Crippen LogP contribution in [-0.4, -0.2) is 41.3 Å². The number of hydrogen-bond acceptors (Lipinski definition) is 5. The molecule has 2 atom stereocenters. The molecule has 6 nitrogen and oxygen atoms in total. The van der Waals surface area contributed by atoms with Crippen LogP contribution in [0.3, 0.4) is 0 Å². The van der Waals surface area contributed by atoms with E-state index in [0.29, 0.717) is 34.6 Å². The molecule has 31 heavy (non-hydrogen) atoms. The molecule has 2 aliphatic heterocycles. The van der Waals surface area contributed by atoms with Crippen molar-refractivity contribution >= 4 is 46.4 Å². The summed E-state index contributed by atoms with van der Waals surface area (Å²) in [6.07, 6.45) is 3.81. The standard InChI is InChI=1S/C23H31ClN6S/c1-16-11-17(2)15-30(14-16)21-12-20(24)26-22(27-21)28-23(31)25-13-18-5-7-19(8-6-18)29-9-3-4-10-29/h5-8,12,16-17H,3-4,9-11,13-15H2,1-2H3,(H2,25,26,27,28,31)/t16-,17+. The number of piperidine rings is 1. The Bertz CT molecular complexity index is 889. The van der Waals surface area contributed by atoms with Crippen LogP contribution >= 0.6 is 23.8 Å². The summed E-state index contributed by atoms with van der Waals surface area (Å²) in [5.74, 6) is 2.54. The van der Waals surface area contributed by atoms with Gasteiger partial charge in [-0.05, 0) is 61.0 Å². The first-order valence-electron chi connectivity index (χ1n) is 11.1. The zero-order valence-corrected chi connectivity index (χ0v) is 19.8. The fraction of sp³-hybridized carbons (Fsp3) is 0.522. The van der Waals surface area contributed by atoms with E-state index in [2.05, 4.69) is 68.5 Å². The second-order valence-corrected chi connectivity index (χ2v) is 9.69. The molecule has 8 heteroatoms. The van der Waals surface area contributed by atoms with Crippen molar-refractivity contribution in [2.24, 2.45) is 11.8 Å². The van der Waals surface area contributed by atoms with Crippen molar-refractivity contribution in [2.75, 3.05) is 41.3 Å². The lowest BCUT2D eigenvalue weighted by Gasteiger charge is -2.35. The Kier molecular flexibility index (Phi) is 7.13. The molecule has 1 aromatic heterocycles. The summed E-state index contributed by atoms with van der Waals surface area (Å²) >= 11 is 11.7. The van der Waals surface area contributed by atoms with Crippen LogP contribution in [0, 0.1) is 11.8 Å². The van der Waals surface area contributed by atoms with E-state index in [4.69, 9.17) is 23.8 Å². The summed E-state index contributed by atoms with van der Waals surface area (Å²) < 4.78 is 0. The average Bonchev–Trinajstić information content (AvgIpc) is 3.26. The minimum absolute atomic E-state index is 0.415. The molecule has 3 heterocycles. The molecule has 0 amide bonds. The van der Waals surface area contributed by atoms with Gasteiger partial charge in [-0.1, -0.05) is 37.6 Å². The van der Waals surface area contributed by atoms with Crippen LogP contribution < -0.4 is 20.4 Å². The monoisotopic (exact) mass is 458 g/mol. The first-order chi connectivity index (χ1) is 15.0. The second kappa shape index (κ2) is 10.0. The van der Waals surface area contributed by atoms with Crippen LogP contribution in [0.25, 0.3) is 0 Å². The summed E-state index contributed by atoms with van der Waals surface area (Å²) in [7, 11) is 0. The van der Waals surface area contributed by atoms with E-state index in [1.807, 2.05) is 6.07 Å². The summed E-state index contributed by atoms with van der Waals surface area (Å²) in [6, 6.07) is 10.5.